The lowest BCUT2D eigenvalue weighted by molar-refractivity contribution is 0.104. The lowest BCUT2D eigenvalue weighted by Crippen LogP contribution is -2.01. The summed E-state index contributed by atoms with van der Waals surface area (Å²) in [5.74, 6) is -0.275. The number of allylic oxidation sites excluding steroid dienone is 1. The lowest BCUT2D eigenvalue weighted by atomic mass is 10.0. The summed E-state index contributed by atoms with van der Waals surface area (Å²) in [6, 6.07) is 17.0. The van der Waals surface area contributed by atoms with Crippen molar-refractivity contribution in [1.82, 2.24) is 4.98 Å². The molecule has 0 aliphatic rings. The number of para-hydroxylation sites is 1. The molecule has 0 aliphatic carbocycles. The summed E-state index contributed by atoms with van der Waals surface area (Å²) >= 11 is 3.36. The van der Waals surface area contributed by atoms with Crippen LogP contribution in [-0.2, 0) is 0 Å². The van der Waals surface area contributed by atoms with Crippen LogP contribution >= 0.6 is 15.9 Å². The molecule has 1 N–H and O–H groups in total. The van der Waals surface area contributed by atoms with E-state index in [1.807, 2.05) is 54.6 Å². The highest BCUT2D eigenvalue weighted by atomic mass is 79.9. The number of aromatic nitrogens is 1. The Bertz CT molecular complexity index is 914. The number of rotatable bonds is 3. The molecular formula is C18H11BrN2O. The maximum absolute atomic E-state index is 12.6. The van der Waals surface area contributed by atoms with Gasteiger partial charge < -0.3 is 4.98 Å². The van der Waals surface area contributed by atoms with Gasteiger partial charge in [-0.2, -0.15) is 5.26 Å². The average Bonchev–Trinajstić information content (AvgIpc) is 2.98. The van der Waals surface area contributed by atoms with Crippen LogP contribution in [0.4, 0.5) is 0 Å². The molecule has 0 radical (unpaired) electrons. The summed E-state index contributed by atoms with van der Waals surface area (Å²) in [6.45, 7) is 0. The summed E-state index contributed by atoms with van der Waals surface area (Å²) in [7, 11) is 0. The summed E-state index contributed by atoms with van der Waals surface area (Å²) in [5, 5.41) is 10.1. The van der Waals surface area contributed by atoms with E-state index >= 15 is 0 Å². The molecule has 0 bridgehead atoms. The van der Waals surface area contributed by atoms with E-state index in [-0.39, 0.29) is 11.4 Å². The van der Waals surface area contributed by atoms with Crippen LogP contribution in [0.15, 0.2) is 64.8 Å². The Kier molecular flexibility index (Phi) is 3.90. The summed E-state index contributed by atoms with van der Waals surface area (Å²) in [5.41, 5.74) is 2.33. The van der Waals surface area contributed by atoms with Gasteiger partial charge in [0.1, 0.15) is 11.6 Å². The zero-order chi connectivity index (χ0) is 15.5. The standard InChI is InChI=1S/C18H11BrN2O/c19-14-7-5-12(6-8-14)9-13(10-20)18(22)16-11-21-17-4-2-1-3-15(16)17/h1-9,11,21H/b13-9+. The number of aromatic amines is 1. The smallest absolute Gasteiger partial charge is 0.205 e. The second kappa shape index (κ2) is 6.00. The van der Waals surface area contributed by atoms with Gasteiger partial charge in [0.05, 0.1) is 0 Å². The molecule has 3 nitrogen and oxygen atoms in total. The van der Waals surface area contributed by atoms with E-state index in [1.165, 1.54) is 0 Å². The highest BCUT2D eigenvalue weighted by molar-refractivity contribution is 9.10. The van der Waals surface area contributed by atoms with E-state index in [4.69, 9.17) is 0 Å². The number of hydrogen-bond donors (Lipinski definition) is 1. The molecule has 0 saturated heterocycles. The number of carbonyl (C=O) groups excluding carboxylic acids is 1. The number of fused-ring (bicyclic) bond motifs is 1. The van der Waals surface area contributed by atoms with Crippen LogP contribution in [0.5, 0.6) is 0 Å². The van der Waals surface area contributed by atoms with Gasteiger partial charge in [-0.05, 0) is 29.8 Å². The van der Waals surface area contributed by atoms with Gasteiger partial charge in [-0.3, -0.25) is 4.79 Å². The molecule has 0 unspecified atom stereocenters. The number of hydrogen-bond acceptors (Lipinski definition) is 2. The molecule has 2 aromatic carbocycles. The molecule has 1 aromatic heterocycles. The van der Waals surface area contributed by atoms with E-state index in [2.05, 4.69) is 20.9 Å². The van der Waals surface area contributed by atoms with Crippen molar-refractivity contribution in [2.24, 2.45) is 0 Å². The number of nitrogens with zero attached hydrogens (tertiary/aromatic N) is 1. The fourth-order valence-electron chi connectivity index (χ4n) is 2.28. The Morgan fingerprint density at radius 1 is 1.14 bits per heavy atom. The van der Waals surface area contributed by atoms with Crippen molar-refractivity contribution < 1.29 is 4.79 Å². The van der Waals surface area contributed by atoms with Gasteiger partial charge in [-0.25, -0.2) is 0 Å². The normalized spacial score (nSPS) is 11.4. The summed E-state index contributed by atoms with van der Waals surface area (Å²) in [4.78, 5) is 15.7. The lowest BCUT2D eigenvalue weighted by Gasteiger charge is -1.99. The minimum absolute atomic E-state index is 0.118. The average molecular weight is 351 g/mol. The second-order valence-electron chi connectivity index (χ2n) is 4.80. The van der Waals surface area contributed by atoms with Gasteiger partial charge in [0.15, 0.2) is 0 Å². The van der Waals surface area contributed by atoms with Crippen molar-refractivity contribution >= 4 is 38.7 Å². The molecule has 3 rings (SSSR count). The van der Waals surface area contributed by atoms with Gasteiger partial charge in [-0.1, -0.05) is 46.3 Å². The minimum atomic E-state index is -0.275. The fraction of sp³-hybridized carbons (Fsp3) is 0. The molecule has 4 heteroatoms. The van der Waals surface area contributed by atoms with Crippen LogP contribution in [0.1, 0.15) is 15.9 Å². The largest absolute Gasteiger partial charge is 0.360 e. The maximum Gasteiger partial charge on any atom is 0.205 e. The summed E-state index contributed by atoms with van der Waals surface area (Å²) in [6.07, 6.45) is 3.26. The first kappa shape index (κ1) is 14.3. The Morgan fingerprint density at radius 3 is 2.59 bits per heavy atom. The third-order valence-electron chi connectivity index (χ3n) is 3.38. The van der Waals surface area contributed by atoms with E-state index < -0.39 is 0 Å². The van der Waals surface area contributed by atoms with E-state index in [9.17, 15) is 10.1 Å². The molecule has 0 saturated carbocycles. The molecule has 0 amide bonds. The fourth-order valence-corrected chi connectivity index (χ4v) is 2.54. The van der Waals surface area contributed by atoms with E-state index in [0.717, 1.165) is 20.9 Å². The van der Waals surface area contributed by atoms with Crippen molar-refractivity contribution in [1.29, 1.82) is 5.26 Å². The highest BCUT2D eigenvalue weighted by Gasteiger charge is 2.16. The summed E-state index contributed by atoms with van der Waals surface area (Å²) < 4.78 is 0.950. The predicted molar refractivity (Wildman–Crippen MR) is 90.4 cm³/mol. The van der Waals surface area contributed by atoms with Gasteiger partial charge in [0.2, 0.25) is 5.78 Å². The third-order valence-corrected chi connectivity index (χ3v) is 3.91. The molecule has 0 spiro atoms. The van der Waals surface area contributed by atoms with Crippen molar-refractivity contribution in [3.63, 3.8) is 0 Å². The third kappa shape index (κ3) is 2.72. The molecule has 3 aromatic rings. The Morgan fingerprint density at radius 2 is 1.86 bits per heavy atom. The zero-order valence-corrected chi connectivity index (χ0v) is 13.1. The first-order valence-electron chi connectivity index (χ1n) is 6.67. The number of Topliss-reactive ketones (excluding diaryl/α,β-unsaturated/α-hetero) is 1. The minimum Gasteiger partial charge on any atom is -0.360 e. The molecule has 1 heterocycles. The van der Waals surface area contributed by atoms with Crippen molar-refractivity contribution in [3.8, 4) is 6.07 Å². The van der Waals surface area contributed by atoms with E-state index in [1.54, 1.807) is 12.3 Å². The Hall–Kier alpha value is -2.64. The Balaban J connectivity index is 2.02. The first-order chi connectivity index (χ1) is 10.7. The number of nitriles is 1. The number of nitrogens with one attached hydrogen (secondary N) is 1. The molecule has 106 valence electrons. The van der Waals surface area contributed by atoms with Crippen LogP contribution in [0.25, 0.3) is 17.0 Å². The zero-order valence-electron chi connectivity index (χ0n) is 11.5. The van der Waals surface area contributed by atoms with Crippen LogP contribution in [0.2, 0.25) is 0 Å². The van der Waals surface area contributed by atoms with Crippen LogP contribution in [0, 0.1) is 11.3 Å². The SMILES string of the molecule is N#C/C(=C\c1ccc(Br)cc1)C(=O)c1c[nH]c2ccccc12. The monoisotopic (exact) mass is 350 g/mol. The topological polar surface area (TPSA) is 56.6 Å². The van der Waals surface area contributed by atoms with Gasteiger partial charge >= 0.3 is 0 Å². The first-order valence-corrected chi connectivity index (χ1v) is 7.46. The maximum atomic E-state index is 12.6. The quantitative estimate of drug-likeness (QED) is 0.422. The van der Waals surface area contributed by atoms with Crippen LogP contribution in [-0.4, -0.2) is 10.8 Å². The van der Waals surface area contributed by atoms with Gasteiger partial charge in [0.25, 0.3) is 0 Å². The molecule has 0 fully saturated rings. The molecule has 22 heavy (non-hydrogen) atoms. The number of ketones is 1. The molecule has 0 atom stereocenters. The number of carbonyl (C=O) groups is 1. The van der Waals surface area contributed by atoms with E-state index in [0.29, 0.717) is 5.56 Å². The highest BCUT2D eigenvalue weighted by Crippen LogP contribution is 2.22. The van der Waals surface area contributed by atoms with Crippen molar-refractivity contribution in [2.45, 2.75) is 0 Å². The number of benzene rings is 2. The molecule has 0 aliphatic heterocycles. The van der Waals surface area contributed by atoms with Crippen molar-refractivity contribution in [3.05, 3.63) is 75.9 Å². The van der Waals surface area contributed by atoms with Crippen LogP contribution in [0.3, 0.4) is 0 Å². The van der Waals surface area contributed by atoms with Gasteiger partial charge in [0, 0.05) is 27.1 Å². The second-order valence-corrected chi connectivity index (χ2v) is 5.71. The van der Waals surface area contributed by atoms with Crippen molar-refractivity contribution in [2.75, 3.05) is 0 Å². The Labute approximate surface area is 136 Å². The number of H-pyrrole nitrogens is 1. The van der Waals surface area contributed by atoms with Crippen LogP contribution < -0.4 is 0 Å². The van der Waals surface area contributed by atoms with Gasteiger partial charge in [-0.15, -0.1) is 0 Å². The number of halogens is 1. The molecular weight excluding hydrogens is 340 g/mol. The predicted octanol–water partition coefficient (Wildman–Crippen LogP) is 4.72.